The summed E-state index contributed by atoms with van der Waals surface area (Å²) in [6, 6.07) is 4.81. The SMILES string of the molecule is CC(C)(C)OC(=O)c1ccc(N)c(NCC2CCN2C(=O)O)c1. The summed E-state index contributed by atoms with van der Waals surface area (Å²) in [6.45, 7) is 6.42. The topological polar surface area (TPSA) is 105 Å². The maximum absolute atomic E-state index is 12.1. The molecule has 1 atom stereocenters. The number of nitrogens with one attached hydrogen (secondary N) is 1. The van der Waals surface area contributed by atoms with Crippen molar-refractivity contribution in [2.24, 2.45) is 0 Å². The fraction of sp³-hybridized carbons (Fsp3) is 0.500. The predicted octanol–water partition coefficient (Wildman–Crippen LogP) is 2.39. The summed E-state index contributed by atoms with van der Waals surface area (Å²) in [6.07, 6.45) is -0.108. The Hall–Kier alpha value is -2.44. The number of nitrogens with two attached hydrogens (primary N) is 1. The van der Waals surface area contributed by atoms with E-state index in [4.69, 9.17) is 15.6 Å². The molecule has 0 radical (unpaired) electrons. The quantitative estimate of drug-likeness (QED) is 0.581. The van der Waals surface area contributed by atoms with Crippen LogP contribution in [-0.4, -0.2) is 46.8 Å². The first-order valence-corrected chi connectivity index (χ1v) is 7.53. The van der Waals surface area contributed by atoms with Crippen LogP contribution in [0, 0.1) is 0 Å². The van der Waals surface area contributed by atoms with Crippen LogP contribution in [0.3, 0.4) is 0 Å². The average Bonchev–Trinajstić information content (AvgIpc) is 2.36. The van der Waals surface area contributed by atoms with Gasteiger partial charge in [0.05, 0.1) is 23.0 Å². The number of esters is 1. The van der Waals surface area contributed by atoms with Crippen LogP contribution in [0.4, 0.5) is 16.2 Å². The van der Waals surface area contributed by atoms with Crippen LogP contribution in [0.15, 0.2) is 18.2 Å². The highest BCUT2D eigenvalue weighted by Gasteiger charge is 2.31. The second-order valence-corrected chi connectivity index (χ2v) is 6.60. The van der Waals surface area contributed by atoms with Gasteiger partial charge in [-0.3, -0.25) is 0 Å². The number of rotatable bonds is 4. The number of nitrogen functional groups attached to an aromatic ring is 1. The highest BCUT2D eigenvalue weighted by molar-refractivity contribution is 5.92. The smallest absolute Gasteiger partial charge is 0.407 e. The molecule has 1 heterocycles. The van der Waals surface area contributed by atoms with E-state index in [9.17, 15) is 9.59 Å². The molecule has 0 bridgehead atoms. The molecule has 0 aromatic heterocycles. The van der Waals surface area contributed by atoms with Crippen molar-refractivity contribution in [3.8, 4) is 0 Å². The van der Waals surface area contributed by atoms with E-state index in [1.165, 1.54) is 4.90 Å². The van der Waals surface area contributed by atoms with Gasteiger partial charge < -0.3 is 25.8 Å². The minimum atomic E-state index is -0.918. The lowest BCUT2D eigenvalue weighted by molar-refractivity contribution is 0.00695. The van der Waals surface area contributed by atoms with Gasteiger partial charge in [0.2, 0.25) is 0 Å². The summed E-state index contributed by atoms with van der Waals surface area (Å²) < 4.78 is 5.33. The second kappa shape index (κ2) is 6.36. The molecule has 0 saturated carbocycles. The Kier molecular flexibility index (Phi) is 4.68. The van der Waals surface area contributed by atoms with Crippen molar-refractivity contribution in [1.82, 2.24) is 4.90 Å². The molecule has 0 spiro atoms. The predicted molar refractivity (Wildman–Crippen MR) is 87.6 cm³/mol. The molecular formula is C16H23N3O4. The molecular weight excluding hydrogens is 298 g/mol. The minimum Gasteiger partial charge on any atom is -0.465 e. The zero-order valence-electron chi connectivity index (χ0n) is 13.6. The Labute approximate surface area is 135 Å². The molecule has 126 valence electrons. The van der Waals surface area contributed by atoms with Gasteiger partial charge in [-0.25, -0.2) is 9.59 Å². The molecule has 1 amide bonds. The van der Waals surface area contributed by atoms with E-state index in [1.54, 1.807) is 39.0 Å². The number of carboxylic acid groups (broad SMARTS) is 1. The van der Waals surface area contributed by atoms with E-state index in [-0.39, 0.29) is 6.04 Å². The van der Waals surface area contributed by atoms with Crippen molar-refractivity contribution < 1.29 is 19.4 Å². The molecule has 7 nitrogen and oxygen atoms in total. The number of carbonyl (C=O) groups excluding carboxylic acids is 1. The monoisotopic (exact) mass is 321 g/mol. The normalized spacial score (nSPS) is 17.3. The van der Waals surface area contributed by atoms with Crippen LogP contribution in [0.1, 0.15) is 37.6 Å². The molecule has 2 rings (SSSR count). The Morgan fingerprint density at radius 1 is 1.43 bits per heavy atom. The Morgan fingerprint density at radius 3 is 2.65 bits per heavy atom. The van der Waals surface area contributed by atoms with Gasteiger partial charge in [-0.05, 0) is 45.4 Å². The Bertz CT molecular complexity index is 610. The summed E-state index contributed by atoms with van der Waals surface area (Å²) in [7, 11) is 0. The maximum atomic E-state index is 12.1. The third-order valence-corrected chi connectivity index (χ3v) is 3.61. The van der Waals surface area contributed by atoms with Gasteiger partial charge in [0.15, 0.2) is 0 Å². The first-order chi connectivity index (χ1) is 10.7. The van der Waals surface area contributed by atoms with Crippen molar-refractivity contribution in [2.75, 3.05) is 24.1 Å². The van der Waals surface area contributed by atoms with E-state index in [2.05, 4.69) is 5.32 Å². The standard InChI is InChI=1S/C16H23N3O4/c1-16(2,3)23-14(20)10-4-5-12(17)13(8-10)18-9-11-6-7-19(11)15(21)22/h4-5,8,11,18H,6-7,9,17H2,1-3H3,(H,21,22). The molecule has 0 aliphatic carbocycles. The van der Waals surface area contributed by atoms with Crippen LogP contribution < -0.4 is 11.1 Å². The van der Waals surface area contributed by atoms with Crippen molar-refractivity contribution in [2.45, 2.75) is 38.8 Å². The number of benzene rings is 1. The van der Waals surface area contributed by atoms with Crippen molar-refractivity contribution in [3.05, 3.63) is 23.8 Å². The van der Waals surface area contributed by atoms with Crippen LogP contribution in [0.25, 0.3) is 0 Å². The van der Waals surface area contributed by atoms with Gasteiger partial charge >= 0.3 is 12.1 Å². The molecule has 1 aliphatic heterocycles. The third kappa shape index (κ3) is 4.28. The number of carbonyl (C=O) groups is 2. The zero-order valence-corrected chi connectivity index (χ0v) is 13.6. The number of ether oxygens (including phenoxy) is 1. The van der Waals surface area contributed by atoms with E-state index in [0.717, 1.165) is 6.42 Å². The number of hydrogen-bond acceptors (Lipinski definition) is 5. The molecule has 1 unspecified atom stereocenters. The van der Waals surface area contributed by atoms with E-state index >= 15 is 0 Å². The fourth-order valence-corrected chi connectivity index (χ4v) is 2.31. The first kappa shape index (κ1) is 16.9. The van der Waals surface area contributed by atoms with Gasteiger partial charge in [0.1, 0.15) is 5.60 Å². The number of hydrogen-bond donors (Lipinski definition) is 3. The molecule has 4 N–H and O–H groups in total. The summed E-state index contributed by atoms with van der Waals surface area (Å²) in [4.78, 5) is 24.4. The largest absolute Gasteiger partial charge is 0.465 e. The zero-order chi connectivity index (χ0) is 17.2. The summed E-state index contributed by atoms with van der Waals surface area (Å²) in [5, 5.41) is 12.1. The lowest BCUT2D eigenvalue weighted by Crippen LogP contribution is -2.53. The van der Waals surface area contributed by atoms with Crippen LogP contribution in [0.2, 0.25) is 0 Å². The second-order valence-electron chi connectivity index (χ2n) is 6.60. The summed E-state index contributed by atoms with van der Waals surface area (Å²) in [5.41, 5.74) is 6.85. The van der Waals surface area contributed by atoms with Gasteiger partial charge in [-0.15, -0.1) is 0 Å². The van der Waals surface area contributed by atoms with Crippen LogP contribution in [0.5, 0.6) is 0 Å². The lowest BCUT2D eigenvalue weighted by atomic mass is 10.0. The number of nitrogens with zero attached hydrogens (tertiary/aromatic N) is 1. The van der Waals surface area contributed by atoms with Crippen LogP contribution >= 0.6 is 0 Å². The number of anilines is 2. The van der Waals surface area contributed by atoms with Gasteiger partial charge in [-0.1, -0.05) is 0 Å². The molecule has 23 heavy (non-hydrogen) atoms. The Balaban J connectivity index is 2.03. The molecule has 1 aliphatic rings. The van der Waals surface area contributed by atoms with E-state index < -0.39 is 17.7 Å². The molecule has 1 aromatic carbocycles. The molecule has 7 heteroatoms. The number of likely N-dealkylation sites (tertiary alicyclic amines) is 1. The molecule has 1 aromatic rings. The van der Waals surface area contributed by atoms with Gasteiger partial charge in [0.25, 0.3) is 0 Å². The number of amides is 1. The fourth-order valence-electron chi connectivity index (χ4n) is 2.31. The van der Waals surface area contributed by atoms with Crippen molar-refractivity contribution in [3.63, 3.8) is 0 Å². The molecule has 1 saturated heterocycles. The van der Waals surface area contributed by atoms with E-state index in [1.807, 2.05) is 0 Å². The highest BCUT2D eigenvalue weighted by atomic mass is 16.6. The van der Waals surface area contributed by atoms with Gasteiger partial charge in [-0.2, -0.15) is 0 Å². The third-order valence-electron chi connectivity index (χ3n) is 3.61. The highest BCUT2D eigenvalue weighted by Crippen LogP contribution is 2.24. The molecule has 1 fully saturated rings. The average molecular weight is 321 g/mol. The summed E-state index contributed by atoms with van der Waals surface area (Å²) in [5.74, 6) is -0.420. The first-order valence-electron chi connectivity index (χ1n) is 7.53. The van der Waals surface area contributed by atoms with Crippen molar-refractivity contribution >= 4 is 23.4 Å². The summed E-state index contributed by atoms with van der Waals surface area (Å²) >= 11 is 0. The maximum Gasteiger partial charge on any atom is 0.407 e. The van der Waals surface area contributed by atoms with Crippen LogP contribution in [-0.2, 0) is 4.74 Å². The van der Waals surface area contributed by atoms with Gasteiger partial charge in [0, 0.05) is 13.1 Å². The lowest BCUT2D eigenvalue weighted by Gasteiger charge is -2.39. The van der Waals surface area contributed by atoms with E-state index in [0.29, 0.717) is 30.0 Å². The minimum absolute atomic E-state index is 0.0721. The van der Waals surface area contributed by atoms with Crippen molar-refractivity contribution in [1.29, 1.82) is 0 Å². The Morgan fingerprint density at radius 2 is 2.13 bits per heavy atom.